The summed E-state index contributed by atoms with van der Waals surface area (Å²) in [5, 5.41) is 5.72. The molecule has 8 heteroatoms. The predicted molar refractivity (Wildman–Crippen MR) is 111 cm³/mol. The van der Waals surface area contributed by atoms with Gasteiger partial charge < -0.3 is 15.6 Å². The summed E-state index contributed by atoms with van der Waals surface area (Å²) < 4.78 is 41.8. The van der Waals surface area contributed by atoms with E-state index in [1.165, 1.54) is 25.1 Å². The summed E-state index contributed by atoms with van der Waals surface area (Å²) in [6.07, 6.45) is 1.47. The maximum absolute atomic E-state index is 14.4. The van der Waals surface area contributed by atoms with E-state index in [2.05, 4.69) is 15.6 Å². The largest absolute Gasteiger partial charge is 0.354 e. The van der Waals surface area contributed by atoms with Crippen molar-refractivity contribution in [2.45, 2.75) is 25.7 Å². The van der Waals surface area contributed by atoms with E-state index in [0.29, 0.717) is 23.2 Å². The molecule has 2 amide bonds. The van der Waals surface area contributed by atoms with Gasteiger partial charge in [0.2, 0.25) is 11.8 Å². The van der Waals surface area contributed by atoms with Gasteiger partial charge in [-0.2, -0.15) is 0 Å². The van der Waals surface area contributed by atoms with Gasteiger partial charge in [-0.05, 0) is 66.1 Å². The Kier molecular flexibility index (Phi) is 5.71. The number of nitrogens with one attached hydrogen (secondary N) is 3. The molecule has 1 aromatic heterocycles. The average Bonchev–Trinajstić information content (AvgIpc) is 3.05. The Bertz CT molecular complexity index is 1140. The highest BCUT2D eigenvalue weighted by molar-refractivity contribution is 5.92. The summed E-state index contributed by atoms with van der Waals surface area (Å²) >= 11 is 0. The van der Waals surface area contributed by atoms with Gasteiger partial charge in [0.1, 0.15) is 17.5 Å². The second-order valence-electron chi connectivity index (χ2n) is 7.98. The number of H-pyrrole nitrogens is 1. The van der Waals surface area contributed by atoms with Crippen LogP contribution >= 0.6 is 0 Å². The summed E-state index contributed by atoms with van der Waals surface area (Å²) in [4.78, 5) is 25.7. The van der Waals surface area contributed by atoms with Crippen molar-refractivity contribution in [3.8, 4) is 11.3 Å². The number of hydrogen-bond acceptors (Lipinski definition) is 2. The molecular formula is C23H22F3N3O2. The van der Waals surface area contributed by atoms with E-state index in [-0.39, 0.29) is 41.5 Å². The topological polar surface area (TPSA) is 74.0 Å². The number of aromatic nitrogens is 1. The second-order valence-corrected chi connectivity index (χ2v) is 7.98. The molecule has 1 heterocycles. The average molecular weight is 429 g/mol. The molecular weight excluding hydrogens is 407 g/mol. The molecule has 0 aliphatic heterocycles. The first kappa shape index (κ1) is 21.0. The van der Waals surface area contributed by atoms with Crippen LogP contribution in [0.25, 0.3) is 22.2 Å². The molecule has 162 valence electrons. The Hall–Kier alpha value is -3.29. The summed E-state index contributed by atoms with van der Waals surface area (Å²) in [6, 6.07) is 8.03. The number of amides is 2. The maximum Gasteiger partial charge on any atom is 0.239 e. The number of carbonyl (C=O) groups is 2. The SMILES string of the molecule is CC(=O)NCC(=O)NCC1CC(c2c(-c3ccc(F)cc3)[nH]c3c(F)cc(F)cc23)C1. The molecule has 3 aromatic rings. The molecule has 3 N–H and O–H groups in total. The van der Waals surface area contributed by atoms with E-state index in [0.717, 1.165) is 24.5 Å². The Labute approximate surface area is 177 Å². The van der Waals surface area contributed by atoms with Gasteiger partial charge in [-0.3, -0.25) is 9.59 Å². The number of aromatic amines is 1. The van der Waals surface area contributed by atoms with Gasteiger partial charge in [0.15, 0.2) is 0 Å². The standard InChI is InChI=1S/C23H22F3N3O2/c1-12(30)27-11-20(31)28-10-13-6-15(7-13)21-18-8-17(25)9-19(26)23(18)29-22(21)14-2-4-16(24)5-3-14/h2-5,8-9,13,15,29H,6-7,10-11H2,1H3,(H,27,30)(H,28,31). The van der Waals surface area contributed by atoms with Gasteiger partial charge >= 0.3 is 0 Å². The fourth-order valence-electron chi connectivity index (χ4n) is 4.17. The molecule has 0 atom stereocenters. The van der Waals surface area contributed by atoms with Crippen molar-refractivity contribution < 1.29 is 22.8 Å². The summed E-state index contributed by atoms with van der Waals surface area (Å²) in [5.41, 5.74) is 2.38. The summed E-state index contributed by atoms with van der Waals surface area (Å²) in [6.45, 7) is 1.74. The molecule has 1 saturated carbocycles. The first-order valence-corrected chi connectivity index (χ1v) is 10.1. The van der Waals surface area contributed by atoms with Crippen molar-refractivity contribution in [1.82, 2.24) is 15.6 Å². The molecule has 5 nitrogen and oxygen atoms in total. The summed E-state index contributed by atoms with van der Waals surface area (Å²) in [7, 11) is 0. The predicted octanol–water partition coefficient (Wildman–Crippen LogP) is 4.00. The van der Waals surface area contributed by atoms with Crippen LogP contribution in [0.1, 0.15) is 31.2 Å². The molecule has 0 spiro atoms. The molecule has 31 heavy (non-hydrogen) atoms. The molecule has 4 rings (SSSR count). The van der Waals surface area contributed by atoms with Gasteiger partial charge in [-0.25, -0.2) is 13.2 Å². The molecule has 1 aliphatic rings. The molecule has 0 unspecified atom stereocenters. The van der Waals surface area contributed by atoms with Gasteiger partial charge in [-0.15, -0.1) is 0 Å². The molecule has 1 aliphatic carbocycles. The van der Waals surface area contributed by atoms with Crippen LogP contribution < -0.4 is 10.6 Å². The number of hydrogen-bond donors (Lipinski definition) is 3. The lowest BCUT2D eigenvalue weighted by atomic mass is 9.70. The van der Waals surface area contributed by atoms with Crippen molar-refractivity contribution in [1.29, 1.82) is 0 Å². The third-order valence-electron chi connectivity index (χ3n) is 5.73. The molecule has 0 radical (unpaired) electrons. The van der Waals surface area contributed by atoms with Crippen LogP contribution in [0.2, 0.25) is 0 Å². The third kappa shape index (κ3) is 4.42. The normalized spacial score (nSPS) is 17.9. The van der Waals surface area contributed by atoms with Crippen molar-refractivity contribution in [2.24, 2.45) is 5.92 Å². The number of rotatable bonds is 6. The number of carbonyl (C=O) groups excluding carboxylic acids is 2. The van der Waals surface area contributed by atoms with E-state index in [4.69, 9.17) is 0 Å². The van der Waals surface area contributed by atoms with E-state index in [1.54, 1.807) is 12.1 Å². The minimum absolute atomic E-state index is 0.0484. The van der Waals surface area contributed by atoms with Crippen LogP contribution in [0.15, 0.2) is 36.4 Å². The van der Waals surface area contributed by atoms with E-state index >= 15 is 0 Å². The van der Waals surface area contributed by atoms with E-state index < -0.39 is 11.6 Å². The van der Waals surface area contributed by atoms with Crippen LogP contribution in [-0.4, -0.2) is 29.9 Å². The van der Waals surface area contributed by atoms with Crippen molar-refractivity contribution in [3.63, 3.8) is 0 Å². The van der Waals surface area contributed by atoms with Crippen LogP contribution in [0.4, 0.5) is 13.2 Å². The number of fused-ring (bicyclic) bond motifs is 1. The summed E-state index contributed by atoms with van der Waals surface area (Å²) in [5.74, 6) is -1.98. The fraction of sp³-hybridized carbons (Fsp3) is 0.304. The highest BCUT2D eigenvalue weighted by Gasteiger charge is 2.34. The van der Waals surface area contributed by atoms with Gasteiger partial charge in [0.05, 0.1) is 17.8 Å². The monoisotopic (exact) mass is 429 g/mol. The minimum Gasteiger partial charge on any atom is -0.354 e. The zero-order valence-electron chi connectivity index (χ0n) is 16.9. The quantitative estimate of drug-likeness (QED) is 0.554. The van der Waals surface area contributed by atoms with Crippen LogP contribution in [0, 0.1) is 23.4 Å². The van der Waals surface area contributed by atoms with Crippen molar-refractivity contribution in [3.05, 3.63) is 59.4 Å². The highest BCUT2D eigenvalue weighted by Crippen LogP contribution is 2.48. The van der Waals surface area contributed by atoms with Gasteiger partial charge in [0.25, 0.3) is 0 Å². The number of halogens is 3. The smallest absolute Gasteiger partial charge is 0.239 e. The van der Waals surface area contributed by atoms with Crippen LogP contribution in [-0.2, 0) is 9.59 Å². The highest BCUT2D eigenvalue weighted by atomic mass is 19.1. The Balaban J connectivity index is 1.55. The van der Waals surface area contributed by atoms with Crippen LogP contribution in [0.3, 0.4) is 0 Å². The van der Waals surface area contributed by atoms with E-state index in [1.807, 2.05) is 0 Å². The fourth-order valence-corrected chi connectivity index (χ4v) is 4.17. The first-order valence-electron chi connectivity index (χ1n) is 10.1. The molecule has 0 saturated heterocycles. The second kappa shape index (κ2) is 8.45. The van der Waals surface area contributed by atoms with Crippen LogP contribution in [0.5, 0.6) is 0 Å². The number of benzene rings is 2. The van der Waals surface area contributed by atoms with Crippen molar-refractivity contribution in [2.75, 3.05) is 13.1 Å². The molecule has 2 aromatic carbocycles. The molecule has 0 bridgehead atoms. The lowest BCUT2D eigenvalue weighted by Crippen LogP contribution is -2.40. The molecule has 1 fully saturated rings. The lowest BCUT2D eigenvalue weighted by molar-refractivity contribution is -0.125. The zero-order valence-corrected chi connectivity index (χ0v) is 16.9. The Morgan fingerprint density at radius 2 is 1.74 bits per heavy atom. The Morgan fingerprint density at radius 3 is 2.42 bits per heavy atom. The maximum atomic E-state index is 14.4. The lowest BCUT2D eigenvalue weighted by Gasteiger charge is -2.36. The van der Waals surface area contributed by atoms with E-state index in [9.17, 15) is 22.8 Å². The van der Waals surface area contributed by atoms with Gasteiger partial charge in [-0.1, -0.05) is 0 Å². The third-order valence-corrected chi connectivity index (χ3v) is 5.73. The minimum atomic E-state index is -0.675. The Morgan fingerprint density at radius 1 is 1.03 bits per heavy atom. The van der Waals surface area contributed by atoms with Gasteiger partial charge in [0, 0.05) is 24.9 Å². The first-order chi connectivity index (χ1) is 14.8. The zero-order chi connectivity index (χ0) is 22.1. The van der Waals surface area contributed by atoms with Crippen molar-refractivity contribution >= 4 is 22.7 Å².